The van der Waals surface area contributed by atoms with E-state index in [2.05, 4.69) is 16.0 Å². The van der Waals surface area contributed by atoms with Crippen LogP contribution >= 0.6 is 0 Å². The maximum Gasteiger partial charge on any atom is 0.234 e. The molecule has 1 unspecified atom stereocenters. The van der Waals surface area contributed by atoms with E-state index in [9.17, 15) is 4.79 Å². The summed E-state index contributed by atoms with van der Waals surface area (Å²) in [7, 11) is 0. The Morgan fingerprint density at radius 1 is 1.32 bits per heavy atom. The summed E-state index contributed by atoms with van der Waals surface area (Å²) in [6, 6.07) is 9.97. The van der Waals surface area contributed by atoms with E-state index in [1.54, 1.807) is 0 Å². The van der Waals surface area contributed by atoms with E-state index < -0.39 is 0 Å². The third-order valence-electron chi connectivity index (χ3n) is 3.45. The first-order valence-corrected chi connectivity index (χ1v) is 7.06. The molecule has 0 aliphatic carbocycles. The lowest BCUT2D eigenvalue weighted by molar-refractivity contribution is -0.120. The Kier molecular flexibility index (Phi) is 5.85. The monoisotopic (exact) mass is 261 g/mol. The fraction of sp³-hybridized carbons (Fsp3) is 0.533. The highest BCUT2D eigenvalue weighted by molar-refractivity contribution is 5.77. The Hall–Kier alpha value is -1.39. The molecule has 19 heavy (non-hydrogen) atoms. The van der Waals surface area contributed by atoms with Crippen LogP contribution in [0.2, 0.25) is 0 Å². The summed E-state index contributed by atoms with van der Waals surface area (Å²) < 4.78 is 0. The lowest BCUT2D eigenvalue weighted by atomic mass is 10.00. The van der Waals surface area contributed by atoms with Crippen LogP contribution in [0.4, 0.5) is 0 Å². The smallest absolute Gasteiger partial charge is 0.234 e. The summed E-state index contributed by atoms with van der Waals surface area (Å²) in [5, 5.41) is 9.54. The molecule has 1 atom stereocenters. The number of hydrogen-bond acceptors (Lipinski definition) is 3. The predicted octanol–water partition coefficient (Wildman–Crippen LogP) is 0.892. The first kappa shape index (κ1) is 14.0. The van der Waals surface area contributed by atoms with Gasteiger partial charge in [-0.05, 0) is 44.0 Å². The Labute approximate surface area is 115 Å². The summed E-state index contributed by atoms with van der Waals surface area (Å²) in [6.07, 6.45) is 2.50. The van der Waals surface area contributed by atoms with Gasteiger partial charge in [0.2, 0.25) is 5.91 Å². The number of nitrogens with one attached hydrogen (secondary N) is 3. The molecule has 1 amide bonds. The number of hydrogen-bond donors (Lipinski definition) is 3. The highest BCUT2D eigenvalue weighted by Gasteiger charge is 2.12. The van der Waals surface area contributed by atoms with E-state index in [-0.39, 0.29) is 5.91 Å². The van der Waals surface area contributed by atoms with Gasteiger partial charge in [0.25, 0.3) is 0 Å². The molecule has 3 N–H and O–H groups in total. The van der Waals surface area contributed by atoms with Crippen molar-refractivity contribution in [2.45, 2.75) is 19.4 Å². The van der Waals surface area contributed by atoms with Crippen molar-refractivity contribution in [3.8, 4) is 0 Å². The summed E-state index contributed by atoms with van der Waals surface area (Å²) >= 11 is 0. The molecule has 0 aromatic heterocycles. The van der Waals surface area contributed by atoms with Gasteiger partial charge >= 0.3 is 0 Å². The molecule has 1 fully saturated rings. The van der Waals surface area contributed by atoms with Gasteiger partial charge in [0.15, 0.2) is 0 Å². The molecule has 1 heterocycles. The van der Waals surface area contributed by atoms with Crippen LogP contribution in [0.25, 0.3) is 0 Å². The minimum atomic E-state index is 0.0626. The Bertz CT molecular complexity index is 374. The number of carbonyl (C=O) groups excluding carboxylic acids is 1. The molecule has 0 saturated carbocycles. The molecular weight excluding hydrogens is 238 g/mol. The third-order valence-corrected chi connectivity index (χ3v) is 3.45. The molecule has 4 nitrogen and oxygen atoms in total. The number of carbonyl (C=O) groups is 1. The summed E-state index contributed by atoms with van der Waals surface area (Å²) in [4.78, 5) is 11.7. The van der Waals surface area contributed by atoms with Crippen molar-refractivity contribution in [2.75, 3.05) is 26.2 Å². The van der Waals surface area contributed by atoms with Gasteiger partial charge < -0.3 is 16.0 Å². The SMILES string of the molecule is O=C(CNCC1CCCNC1)NCc1ccccc1. The van der Waals surface area contributed by atoms with E-state index in [1.165, 1.54) is 12.8 Å². The van der Waals surface area contributed by atoms with Gasteiger partial charge in [0.1, 0.15) is 0 Å². The second kappa shape index (κ2) is 7.92. The molecule has 0 radical (unpaired) electrons. The standard InChI is InChI=1S/C15H23N3O/c19-15(18-11-13-5-2-1-3-6-13)12-17-10-14-7-4-8-16-9-14/h1-3,5-6,14,16-17H,4,7-12H2,(H,18,19). The fourth-order valence-electron chi connectivity index (χ4n) is 2.35. The molecule has 104 valence electrons. The highest BCUT2D eigenvalue weighted by atomic mass is 16.1. The minimum Gasteiger partial charge on any atom is -0.351 e. The van der Waals surface area contributed by atoms with E-state index >= 15 is 0 Å². The Balaban J connectivity index is 1.57. The fourth-order valence-corrected chi connectivity index (χ4v) is 2.35. The number of benzene rings is 1. The number of piperidine rings is 1. The van der Waals surface area contributed by atoms with Crippen molar-refractivity contribution < 1.29 is 4.79 Å². The topological polar surface area (TPSA) is 53.2 Å². The zero-order chi connectivity index (χ0) is 13.3. The Morgan fingerprint density at radius 3 is 2.89 bits per heavy atom. The minimum absolute atomic E-state index is 0.0626. The molecule has 1 aromatic rings. The lowest BCUT2D eigenvalue weighted by Gasteiger charge is -2.22. The second-order valence-corrected chi connectivity index (χ2v) is 5.11. The van der Waals surface area contributed by atoms with Gasteiger partial charge in [-0.25, -0.2) is 0 Å². The molecule has 1 aromatic carbocycles. The first-order chi connectivity index (χ1) is 9.34. The van der Waals surface area contributed by atoms with Crippen LogP contribution in [-0.2, 0) is 11.3 Å². The van der Waals surface area contributed by atoms with Gasteiger partial charge in [0.05, 0.1) is 6.54 Å². The summed E-state index contributed by atoms with van der Waals surface area (Å²) in [6.45, 7) is 4.13. The maximum absolute atomic E-state index is 11.7. The van der Waals surface area contributed by atoms with Gasteiger partial charge in [-0.15, -0.1) is 0 Å². The average Bonchev–Trinajstić information content (AvgIpc) is 2.47. The van der Waals surface area contributed by atoms with E-state index in [1.807, 2.05) is 30.3 Å². The van der Waals surface area contributed by atoms with Crippen LogP contribution in [0, 0.1) is 5.92 Å². The first-order valence-electron chi connectivity index (χ1n) is 7.06. The second-order valence-electron chi connectivity index (χ2n) is 5.11. The quantitative estimate of drug-likeness (QED) is 0.713. The number of rotatable bonds is 6. The van der Waals surface area contributed by atoms with Crippen LogP contribution < -0.4 is 16.0 Å². The van der Waals surface area contributed by atoms with Crippen LogP contribution in [0.15, 0.2) is 30.3 Å². The lowest BCUT2D eigenvalue weighted by Crippen LogP contribution is -2.40. The average molecular weight is 261 g/mol. The van der Waals surface area contributed by atoms with Crippen molar-refractivity contribution in [3.05, 3.63) is 35.9 Å². The van der Waals surface area contributed by atoms with Crippen molar-refractivity contribution >= 4 is 5.91 Å². The van der Waals surface area contributed by atoms with Crippen LogP contribution in [-0.4, -0.2) is 32.1 Å². The van der Waals surface area contributed by atoms with E-state index in [0.717, 1.165) is 25.2 Å². The molecule has 2 rings (SSSR count). The van der Waals surface area contributed by atoms with Gasteiger partial charge in [-0.1, -0.05) is 30.3 Å². The molecule has 0 bridgehead atoms. The molecule has 0 spiro atoms. The summed E-state index contributed by atoms with van der Waals surface area (Å²) in [5.41, 5.74) is 1.13. The van der Waals surface area contributed by atoms with Gasteiger partial charge in [-0.2, -0.15) is 0 Å². The maximum atomic E-state index is 11.7. The van der Waals surface area contributed by atoms with Crippen LogP contribution in [0.3, 0.4) is 0 Å². The molecule has 1 aliphatic rings. The predicted molar refractivity (Wildman–Crippen MR) is 76.8 cm³/mol. The zero-order valence-corrected chi connectivity index (χ0v) is 11.3. The van der Waals surface area contributed by atoms with Gasteiger partial charge in [0, 0.05) is 6.54 Å². The number of amides is 1. The molecule has 1 saturated heterocycles. The highest BCUT2D eigenvalue weighted by Crippen LogP contribution is 2.07. The van der Waals surface area contributed by atoms with E-state index in [0.29, 0.717) is 19.0 Å². The van der Waals surface area contributed by atoms with E-state index in [4.69, 9.17) is 0 Å². The normalized spacial score (nSPS) is 19.1. The van der Waals surface area contributed by atoms with Crippen molar-refractivity contribution in [1.82, 2.24) is 16.0 Å². The Morgan fingerprint density at radius 2 is 2.16 bits per heavy atom. The van der Waals surface area contributed by atoms with Gasteiger partial charge in [-0.3, -0.25) is 4.79 Å². The largest absolute Gasteiger partial charge is 0.351 e. The molecular formula is C15H23N3O. The van der Waals surface area contributed by atoms with Crippen LogP contribution in [0.5, 0.6) is 0 Å². The van der Waals surface area contributed by atoms with Crippen molar-refractivity contribution in [1.29, 1.82) is 0 Å². The molecule has 1 aliphatic heterocycles. The van der Waals surface area contributed by atoms with Crippen molar-refractivity contribution in [2.24, 2.45) is 5.92 Å². The zero-order valence-electron chi connectivity index (χ0n) is 11.3. The molecule has 4 heteroatoms. The summed E-state index contributed by atoms with van der Waals surface area (Å²) in [5.74, 6) is 0.725. The third kappa shape index (κ3) is 5.41. The van der Waals surface area contributed by atoms with Crippen LogP contribution in [0.1, 0.15) is 18.4 Å². The van der Waals surface area contributed by atoms with Crippen molar-refractivity contribution in [3.63, 3.8) is 0 Å².